The van der Waals surface area contributed by atoms with Crippen molar-refractivity contribution >= 4 is 40.1 Å². The summed E-state index contributed by atoms with van der Waals surface area (Å²) in [5, 5.41) is 13.5. The Balaban J connectivity index is 1.61. The molecule has 5 rings (SSSR count). The van der Waals surface area contributed by atoms with Crippen LogP contribution in [0.3, 0.4) is 0 Å². The average Bonchev–Trinajstić information content (AvgIpc) is 3.54. The van der Waals surface area contributed by atoms with Gasteiger partial charge in [0.1, 0.15) is 11.0 Å². The lowest BCUT2D eigenvalue weighted by atomic mass is 10.00. The minimum Gasteiger partial charge on any atom is -0.503 e. The second-order valence-electron chi connectivity index (χ2n) is 7.32. The van der Waals surface area contributed by atoms with E-state index in [9.17, 15) is 14.7 Å². The van der Waals surface area contributed by atoms with Crippen molar-refractivity contribution in [1.29, 1.82) is 0 Å². The van der Waals surface area contributed by atoms with E-state index in [-0.39, 0.29) is 11.4 Å². The van der Waals surface area contributed by atoms with Crippen LogP contribution in [0.1, 0.15) is 26.3 Å². The topological polar surface area (TPSA) is 70.5 Å². The summed E-state index contributed by atoms with van der Waals surface area (Å²) in [4.78, 5) is 34.2. The number of hydrogen-bond donors (Lipinski definition) is 1. The third-order valence-corrected chi connectivity index (χ3v) is 7.45. The maximum atomic E-state index is 13.7. The van der Waals surface area contributed by atoms with Crippen molar-refractivity contribution in [3.8, 4) is 10.6 Å². The van der Waals surface area contributed by atoms with E-state index in [1.807, 2.05) is 66.0 Å². The van der Waals surface area contributed by atoms with E-state index in [2.05, 4.69) is 4.98 Å². The summed E-state index contributed by atoms with van der Waals surface area (Å²) in [6, 6.07) is 21.8. The molecule has 1 N–H and O–H groups in total. The van der Waals surface area contributed by atoms with Crippen LogP contribution in [0.2, 0.25) is 0 Å². The summed E-state index contributed by atoms with van der Waals surface area (Å²) in [5.74, 6) is -1.46. The number of aliphatic hydroxyl groups is 1. The predicted octanol–water partition coefficient (Wildman–Crippen LogP) is 5.96. The quantitative estimate of drug-likeness (QED) is 0.375. The molecule has 0 aliphatic carbocycles. The van der Waals surface area contributed by atoms with Crippen LogP contribution in [0.15, 0.2) is 89.5 Å². The largest absolute Gasteiger partial charge is 0.503 e. The van der Waals surface area contributed by atoms with Gasteiger partial charge in [-0.3, -0.25) is 14.5 Å². The highest BCUT2D eigenvalue weighted by molar-refractivity contribution is 7.17. The molecule has 0 fully saturated rings. The van der Waals surface area contributed by atoms with Crippen LogP contribution in [0.25, 0.3) is 10.6 Å². The molecule has 0 spiro atoms. The fraction of sp³-hybridized carbons (Fsp3) is 0.0800. The molecule has 0 bridgehead atoms. The van der Waals surface area contributed by atoms with Gasteiger partial charge in [-0.1, -0.05) is 54.6 Å². The van der Waals surface area contributed by atoms with Crippen molar-refractivity contribution in [3.63, 3.8) is 0 Å². The number of nitrogens with zero attached hydrogens (tertiary/aromatic N) is 2. The predicted molar refractivity (Wildman–Crippen MR) is 127 cm³/mol. The van der Waals surface area contributed by atoms with Crippen LogP contribution in [-0.4, -0.2) is 21.8 Å². The number of thiophene rings is 1. The number of benzene rings is 2. The summed E-state index contributed by atoms with van der Waals surface area (Å²) in [5.41, 5.74) is 2.21. The molecule has 1 amide bonds. The standard InChI is InChI=1S/C25H18N2O3S2/c1-15-23(32-24(26-15)16-9-4-2-5-10-16)21(28)19-20(18-13-8-14-31-18)27(25(30)22(19)29)17-11-6-3-7-12-17/h2-14,20,29H,1H3. The number of aromatic nitrogens is 1. The van der Waals surface area contributed by atoms with Gasteiger partial charge in [-0.2, -0.15) is 0 Å². The molecule has 7 heteroatoms. The maximum Gasteiger partial charge on any atom is 0.294 e. The van der Waals surface area contributed by atoms with Crippen LogP contribution in [-0.2, 0) is 4.79 Å². The second kappa shape index (κ2) is 8.18. The van der Waals surface area contributed by atoms with Crippen molar-refractivity contribution < 1.29 is 14.7 Å². The maximum absolute atomic E-state index is 13.7. The average molecular weight is 459 g/mol. The smallest absolute Gasteiger partial charge is 0.294 e. The van der Waals surface area contributed by atoms with Crippen molar-refractivity contribution in [2.24, 2.45) is 0 Å². The normalized spacial score (nSPS) is 16.1. The molecule has 0 saturated carbocycles. The molecule has 1 atom stereocenters. The Hall–Kier alpha value is -3.55. The lowest BCUT2D eigenvalue weighted by Gasteiger charge is -2.25. The second-order valence-corrected chi connectivity index (χ2v) is 9.30. The van der Waals surface area contributed by atoms with Gasteiger partial charge in [0.05, 0.1) is 16.1 Å². The number of aliphatic hydroxyl groups excluding tert-OH is 1. The summed E-state index contributed by atoms with van der Waals surface area (Å²) in [7, 11) is 0. The number of carbonyl (C=O) groups excluding carboxylic acids is 2. The van der Waals surface area contributed by atoms with Crippen LogP contribution >= 0.6 is 22.7 Å². The van der Waals surface area contributed by atoms with Gasteiger partial charge < -0.3 is 5.11 Å². The number of para-hydroxylation sites is 1. The Morgan fingerprint density at radius 2 is 1.69 bits per heavy atom. The summed E-state index contributed by atoms with van der Waals surface area (Å²) < 4.78 is 0. The van der Waals surface area contributed by atoms with Crippen LogP contribution in [0, 0.1) is 6.92 Å². The van der Waals surface area contributed by atoms with Gasteiger partial charge in [-0.05, 0) is 30.5 Å². The van der Waals surface area contributed by atoms with E-state index in [1.165, 1.54) is 27.6 Å². The first-order valence-electron chi connectivity index (χ1n) is 9.99. The molecular formula is C25H18N2O3S2. The van der Waals surface area contributed by atoms with Gasteiger partial charge in [0, 0.05) is 16.1 Å². The monoisotopic (exact) mass is 458 g/mol. The number of anilines is 1. The zero-order valence-corrected chi connectivity index (χ0v) is 18.7. The Bertz CT molecular complexity index is 1330. The number of amides is 1. The van der Waals surface area contributed by atoms with Crippen LogP contribution in [0.4, 0.5) is 5.69 Å². The lowest BCUT2D eigenvalue weighted by molar-refractivity contribution is -0.117. The van der Waals surface area contributed by atoms with Crippen LogP contribution < -0.4 is 4.90 Å². The highest BCUT2D eigenvalue weighted by Crippen LogP contribution is 2.44. The van der Waals surface area contributed by atoms with E-state index >= 15 is 0 Å². The third-order valence-electron chi connectivity index (χ3n) is 5.32. The summed E-state index contributed by atoms with van der Waals surface area (Å²) in [6.45, 7) is 1.78. The fourth-order valence-corrected chi connectivity index (χ4v) is 5.69. The number of carbonyl (C=O) groups is 2. The van der Waals surface area contributed by atoms with Gasteiger partial charge >= 0.3 is 0 Å². The Kier molecular flexibility index (Phi) is 5.20. The molecule has 2 aromatic heterocycles. The van der Waals surface area contributed by atoms with E-state index in [0.29, 0.717) is 16.3 Å². The molecule has 1 aliphatic heterocycles. The molecular weight excluding hydrogens is 440 g/mol. The molecule has 1 aliphatic rings. The van der Waals surface area contributed by atoms with Crippen molar-refractivity contribution in [1.82, 2.24) is 4.98 Å². The molecule has 1 unspecified atom stereocenters. The molecule has 0 radical (unpaired) electrons. The Morgan fingerprint density at radius 1 is 1.00 bits per heavy atom. The van der Waals surface area contributed by atoms with Gasteiger partial charge in [0.2, 0.25) is 5.78 Å². The fourth-order valence-electron chi connectivity index (χ4n) is 3.84. The molecule has 2 aromatic carbocycles. The van der Waals surface area contributed by atoms with Crippen molar-refractivity contribution in [2.75, 3.05) is 4.90 Å². The first kappa shape index (κ1) is 20.4. The van der Waals surface area contributed by atoms with Crippen LogP contribution in [0.5, 0.6) is 0 Å². The Labute approximate surface area is 192 Å². The summed E-state index contributed by atoms with van der Waals surface area (Å²) >= 11 is 2.72. The highest BCUT2D eigenvalue weighted by atomic mass is 32.1. The SMILES string of the molecule is Cc1nc(-c2ccccc2)sc1C(=O)C1=C(O)C(=O)N(c2ccccc2)C1c1cccs1. The molecule has 0 saturated heterocycles. The molecule has 32 heavy (non-hydrogen) atoms. The number of rotatable bonds is 5. The molecule has 4 aromatic rings. The first-order chi connectivity index (χ1) is 15.6. The first-order valence-corrected chi connectivity index (χ1v) is 11.7. The van der Waals surface area contributed by atoms with E-state index in [1.54, 1.807) is 19.1 Å². The zero-order valence-electron chi connectivity index (χ0n) is 17.1. The summed E-state index contributed by atoms with van der Waals surface area (Å²) in [6.07, 6.45) is 0. The van der Waals surface area contributed by atoms with Crippen molar-refractivity contribution in [2.45, 2.75) is 13.0 Å². The van der Waals surface area contributed by atoms with Gasteiger partial charge in [-0.25, -0.2) is 4.98 Å². The van der Waals surface area contributed by atoms with E-state index in [4.69, 9.17) is 0 Å². The minimum absolute atomic E-state index is 0.0904. The zero-order chi connectivity index (χ0) is 22.2. The number of Topliss-reactive ketones (excluding diaryl/α,β-unsaturated/α-hetero) is 1. The molecule has 158 valence electrons. The van der Waals surface area contributed by atoms with Gasteiger partial charge in [0.25, 0.3) is 5.91 Å². The lowest BCUT2D eigenvalue weighted by Crippen LogP contribution is -2.30. The van der Waals surface area contributed by atoms with Crippen molar-refractivity contribution in [3.05, 3.63) is 105 Å². The number of hydrogen-bond acceptors (Lipinski definition) is 6. The van der Waals surface area contributed by atoms with Gasteiger partial charge in [-0.15, -0.1) is 22.7 Å². The van der Waals surface area contributed by atoms with E-state index in [0.717, 1.165) is 15.4 Å². The third kappa shape index (κ3) is 3.36. The van der Waals surface area contributed by atoms with E-state index < -0.39 is 17.7 Å². The Morgan fingerprint density at radius 3 is 2.34 bits per heavy atom. The highest BCUT2D eigenvalue weighted by Gasteiger charge is 2.45. The molecule has 3 heterocycles. The minimum atomic E-state index is -0.695. The van der Waals surface area contributed by atoms with Gasteiger partial charge in [0.15, 0.2) is 5.76 Å². The molecule has 5 nitrogen and oxygen atoms in total. The number of thiazole rings is 1. The number of aryl methyl sites for hydroxylation is 1. The number of ketones is 1.